The van der Waals surface area contributed by atoms with Crippen molar-refractivity contribution in [1.82, 2.24) is 5.32 Å². The third-order valence-electron chi connectivity index (χ3n) is 2.48. The number of nitro groups is 1. The molecule has 2 N–H and O–H groups in total. The lowest BCUT2D eigenvalue weighted by atomic mass is 9.94. The Balaban J connectivity index is 2.39. The van der Waals surface area contributed by atoms with E-state index in [1.807, 2.05) is 0 Å². The molecule has 102 valence electrons. The molecule has 0 aliphatic heterocycles. The summed E-state index contributed by atoms with van der Waals surface area (Å²) < 4.78 is 0. The highest BCUT2D eigenvalue weighted by Crippen LogP contribution is 2.23. The van der Waals surface area contributed by atoms with E-state index in [0.717, 1.165) is 22.6 Å². The molecule has 0 radical (unpaired) electrons. The number of nitrogens with one attached hydrogen (secondary N) is 1. The maximum atomic E-state index is 10.5. The minimum atomic E-state index is -0.739. The van der Waals surface area contributed by atoms with Crippen LogP contribution in [0, 0.1) is 16.0 Å². The largest absolute Gasteiger partial charge is 0.389 e. The fourth-order valence-corrected chi connectivity index (χ4v) is 2.76. The van der Waals surface area contributed by atoms with Gasteiger partial charge in [0.1, 0.15) is 0 Å². The van der Waals surface area contributed by atoms with Gasteiger partial charge in [0.15, 0.2) is 0 Å². The third kappa shape index (κ3) is 5.12. The monoisotopic (exact) mass is 272 g/mol. The second-order valence-electron chi connectivity index (χ2n) is 5.20. The van der Waals surface area contributed by atoms with Crippen LogP contribution in [0.4, 0.5) is 5.00 Å². The summed E-state index contributed by atoms with van der Waals surface area (Å²) in [4.78, 5) is 11.0. The molecule has 0 aliphatic carbocycles. The van der Waals surface area contributed by atoms with Crippen molar-refractivity contribution in [3.05, 3.63) is 27.1 Å². The van der Waals surface area contributed by atoms with Crippen LogP contribution in [0.2, 0.25) is 0 Å². The summed E-state index contributed by atoms with van der Waals surface area (Å²) in [6, 6.07) is 3.25. The lowest BCUT2D eigenvalue weighted by Crippen LogP contribution is -2.38. The SMILES string of the molecule is CC(C)CC(C)(O)CNCc1ccc([N+](=O)[O-])s1. The first-order valence-corrected chi connectivity index (χ1v) is 6.78. The summed E-state index contributed by atoms with van der Waals surface area (Å²) in [6.07, 6.45) is 0.727. The van der Waals surface area contributed by atoms with E-state index in [2.05, 4.69) is 19.2 Å². The Morgan fingerprint density at radius 2 is 2.22 bits per heavy atom. The van der Waals surface area contributed by atoms with Crippen LogP contribution in [0.3, 0.4) is 0 Å². The van der Waals surface area contributed by atoms with Crippen LogP contribution in [0.5, 0.6) is 0 Å². The van der Waals surface area contributed by atoms with Gasteiger partial charge in [0, 0.05) is 24.0 Å². The smallest absolute Gasteiger partial charge is 0.324 e. The van der Waals surface area contributed by atoms with Crippen LogP contribution < -0.4 is 5.32 Å². The van der Waals surface area contributed by atoms with Crippen molar-refractivity contribution in [3.8, 4) is 0 Å². The zero-order valence-electron chi connectivity index (χ0n) is 11.0. The molecule has 6 heteroatoms. The van der Waals surface area contributed by atoms with Gasteiger partial charge >= 0.3 is 5.00 Å². The minimum Gasteiger partial charge on any atom is -0.389 e. The van der Waals surface area contributed by atoms with Gasteiger partial charge in [-0.1, -0.05) is 25.2 Å². The number of nitrogens with zero attached hydrogens (tertiary/aromatic N) is 1. The molecule has 1 rings (SSSR count). The number of thiophene rings is 1. The van der Waals surface area contributed by atoms with E-state index in [-0.39, 0.29) is 9.92 Å². The van der Waals surface area contributed by atoms with Crippen LogP contribution in [-0.2, 0) is 6.54 Å². The molecular formula is C12H20N2O3S. The predicted molar refractivity (Wildman–Crippen MR) is 72.8 cm³/mol. The molecule has 1 unspecified atom stereocenters. The van der Waals surface area contributed by atoms with E-state index < -0.39 is 5.60 Å². The highest BCUT2D eigenvalue weighted by molar-refractivity contribution is 7.15. The zero-order valence-corrected chi connectivity index (χ0v) is 11.8. The van der Waals surface area contributed by atoms with Gasteiger partial charge < -0.3 is 10.4 Å². The van der Waals surface area contributed by atoms with Gasteiger partial charge in [-0.2, -0.15) is 0 Å². The lowest BCUT2D eigenvalue weighted by Gasteiger charge is -2.25. The molecule has 1 atom stereocenters. The molecular weight excluding hydrogens is 252 g/mol. The Morgan fingerprint density at radius 1 is 1.56 bits per heavy atom. The van der Waals surface area contributed by atoms with Gasteiger partial charge in [-0.15, -0.1) is 0 Å². The van der Waals surface area contributed by atoms with Crippen molar-refractivity contribution in [1.29, 1.82) is 0 Å². The second kappa shape index (κ2) is 6.26. The molecule has 1 heterocycles. The molecule has 0 fully saturated rings. The van der Waals surface area contributed by atoms with E-state index in [4.69, 9.17) is 0 Å². The van der Waals surface area contributed by atoms with Gasteiger partial charge in [0.05, 0.1) is 10.5 Å². The maximum absolute atomic E-state index is 10.5. The first-order valence-electron chi connectivity index (χ1n) is 5.96. The summed E-state index contributed by atoms with van der Waals surface area (Å²) >= 11 is 1.16. The van der Waals surface area contributed by atoms with Crippen molar-refractivity contribution in [2.45, 2.75) is 39.3 Å². The Bertz CT molecular complexity index is 402. The third-order valence-corrected chi connectivity index (χ3v) is 3.52. The highest BCUT2D eigenvalue weighted by Gasteiger charge is 2.21. The standard InChI is InChI=1S/C12H20N2O3S/c1-9(2)6-12(3,15)8-13-7-10-4-5-11(18-10)14(16)17/h4-5,9,13,15H,6-8H2,1-3H3. The zero-order chi connectivity index (χ0) is 13.8. The molecule has 5 nitrogen and oxygen atoms in total. The lowest BCUT2D eigenvalue weighted by molar-refractivity contribution is -0.380. The number of hydrogen-bond acceptors (Lipinski definition) is 5. The molecule has 0 aromatic carbocycles. The summed E-state index contributed by atoms with van der Waals surface area (Å²) in [6.45, 7) is 6.97. The topological polar surface area (TPSA) is 75.4 Å². The van der Waals surface area contributed by atoms with Gasteiger partial charge in [0.25, 0.3) is 0 Å². The normalized spacial score (nSPS) is 14.7. The first kappa shape index (κ1) is 15.1. The minimum absolute atomic E-state index is 0.153. The van der Waals surface area contributed by atoms with Crippen molar-refractivity contribution >= 4 is 16.3 Å². The predicted octanol–water partition coefficient (Wildman–Crippen LogP) is 2.54. The van der Waals surface area contributed by atoms with Crippen LogP contribution in [0.1, 0.15) is 32.1 Å². The van der Waals surface area contributed by atoms with Gasteiger partial charge in [-0.25, -0.2) is 0 Å². The molecule has 0 amide bonds. The Labute approximate surface area is 111 Å². The summed E-state index contributed by atoms with van der Waals surface area (Å²) in [5.41, 5.74) is -0.739. The van der Waals surface area contributed by atoms with Crippen LogP contribution in [0.15, 0.2) is 12.1 Å². The van der Waals surface area contributed by atoms with E-state index >= 15 is 0 Å². The van der Waals surface area contributed by atoms with Crippen LogP contribution >= 0.6 is 11.3 Å². The Morgan fingerprint density at radius 3 is 2.72 bits per heavy atom. The van der Waals surface area contributed by atoms with Gasteiger partial charge in [0.2, 0.25) is 0 Å². The average molecular weight is 272 g/mol. The Hall–Kier alpha value is -0.980. The Kier molecular flexibility index (Phi) is 5.25. The summed E-state index contributed by atoms with van der Waals surface area (Å²) in [5, 5.41) is 23.9. The number of aliphatic hydroxyl groups is 1. The molecule has 0 spiro atoms. The molecule has 0 aliphatic rings. The van der Waals surface area contributed by atoms with Crippen molar-refractivity contribution in [2.24, 2.45) is 5.92 Å². The van der Waals surface area contributed by atoms with E-state index in [0.29, 0.717) is 19.0 Å². The van der Waals surface area contributed by atoms with Crippen molar-refractivity contribution < 1.29 is 10.0 Å². The number of rotatable bonds is 7. The second-order valence-corrected chi connectivity index (χ2v) is 6.34. The molecule has 0 bridgehead atoms. The molecule has 1 aromatic rings. The van der Waals surface area contributed by atoms with E-state index in [1.54, 1.807) is 13.0 Å². The quantitative estimate of drug-likeness (QED) is 0.591. The molecule has 18 heavy (non-hydrogen) atoms. The summed E-state index contributed by atoms with van der Waals surface area (Å²) in [5.74, 6) is 0.435. The maximum Gasteiger partial charge on any atom is 0.324 e. The first-order chi connectivity index (χ1) is 8.30. The van der Waals surface area contributed by atoms with E-state index in [9.17, 15) is 15.2 Å². The fourth-order valence-electron chi connectivity index (χ4n) is 1.97. The highest BCUT2D eigenvalue weighted by atomic mass is 32.1. The van der Waals surface area contributed by atoms with Gasteiger partial charge in [-0.3, -0.25) is 10.1 Å². The molecule has 0 saturated carbocycles. The van der Waals surface area contributed by atoms with Gasteiger partial charge in [-0.05, 0) is 25.3 Å². The van der Waals surface area contributed by atoms with Crippen molar-refractivity contribution in [3.63, 3.8) is 0 Å². The van der Waals surface area contributed by atoms with E-state index in [1.165, 1.54) is 6.07 Å². The van der Waals surface area contributed by atoms with Crippen LogP contribution in [-0.4, -0.2) is 22.2 Å². The summed E-state index contributed by atoms with van der Waals surface area (Å²) in [7, 11) is 0. The van der Waals surface area contributed by atoms with Crippen molar-refractivity contribution in [2.75, 3.05) is 6.54 Å². The fraction of sp³-hybridized carbons (Fsp3) is 0.667. The molecule has 1 aromatic heterocycles. The average Bonchev–Trinajstić information content (AvgIpc) is 2.63. The van der Waals surface area contributed by atoms with Crippen LogP contribution in [0.25, 0.3) is 0 Å². The molecule has 0 saturated heterocycles. The number of hydrogen-bond donors (Lipinski definition) is 2.